The Morgan fingerprint density at radius 1 is 1.21 bits per heavy atom. The van der Waals surface area contributed by atoms with E-state index in [1.165, 1.54) is 6.42 Å². The van der Waals surface area contributed by atoms with Gasteiger partial charge in [0.1, 0.15) is 0 Å². The molecule has 1 heterocycles. The number of piperidine rings is 1. The number of nitrogens with zero attached hydrogens (tertiary/aromatic N) is 1. The predicted octanol–water partition coefficient (Wildman–Crippen LogP) is 2.38. The third-order valence-corrected chi connectivity index (χ3v) is 4.99. The Balaban J connectivity index is 2.06. The average molecular weight is 269 g/mol. The number of carbonyl (C=O) groups is 1. The fourth-order valence-corrected chi connectivity index (χ4v) is 3.68. The van der Waals surface area contributed by atoms with Gasteiger partial charge in [0.15, 0.2) is 0 Å². The van der Waals surface area contributed by atoms with E-state index in [4.69, 9.17) is 4.74 Å². The van der Waals surface area contributed by atoms with Gasteiger partial charge < -0.3 is 9.84 Å². The number of ether oxygens (including phenoxy) is 1. The third-order valence-electron chi connectivity index (χ3n) is 4.99. The molecule has 0 aromatic rings. The number of methoxy groups -OCH3 is 1. The van der Waals surface area contributed by atoms with Gasteiger partial charge in [0.05, 0.1) is 12.0 Å². The van der Waals surface area contributed by atoms with Crippen LogP contribution in [0.2, 0.25) is 0 Å². The van der Waals surface area contributed by atoms with Gasteiger partial charge in [-0.2, -0.15) is 0 Å². The molecule has 0 aromatic heterocycles. The summed E-state index contributed by atoms with van der Waals surface area (Å²) in [7, 11) is 1.77. The van der Waals surface area contributed by atoms with Gasteiger partial charge in [0.25, 0.3) is 0 Å². The Morgan fingerprint density at radius 2 is 1.95 bits per heavy atom. The monoisotopic (exact) mass is 269 g/mol. The molecule has 4 heteroatoms. The number of carboxylic acids is 1. The summed E-state index contributed by atoms with van der Waals surface area (Å²) in [5.74, 6) is -0.219. The quantitative estimate of drug-likeness (QED) is 0.799. The first-order valence-corrected chi connectivity index (χ1v) is 7.63. The molecule has 4 atom stereocenters. The summed E-state index contributed by atoms with van der Waals surface area (Å²) in [5, 5.41) is 9.48. The van der Waals surface area contributed by atoms with Gasteiger partial charge in [0.2, 0.25) is 0 Å². The summed E-state index contributed by atoms with van der Waals surface area (Å²) in [4.78, 5) is 13.9. The minimum atomic E-state index is -0.612. The average Bonchev–Trinajstić information content (AvgIpc) is 2.65. The summed E-state index contributed by atoms with van der Waals surface area (Å²) < 4.78 is 5.56. The Labute approximate surface area is 116 Å². The second-order valence-electron chi connectivity index (χ2n) is 6.19. The molecule has 2 rings (SSSR count). The summed E-state index contributed by atoms with van der Waals surface area (Å²) in [6.45, 7) is 4.15. The van der Waals surface area contributed by atoms with Crippen LogP contribution in [0.25, 0.3) is 0 Å². The fourth-order valence-electron chi connectivity index (χ4n) is 3.68. The van der Waals surface area contributed by atoms with Crippen LogP contribution in [0.4, 0.5) is 0 Å². The number of aliphatic carboxylic acids is 1. The number of hydrogen-bond acceptors (Lipinski definition) is 3. The van der Waals surface area contributed by atoms with E-state index < -0.39 is 5.97 Å². The SMILES string of the molecule is COC1CN(C2CCCCCC2C(=O)O)CCC1C. The molecule has 0 aromatic carbocycles. The molecule has 0 spiro atoms. The van der Waals surface area contributed by atoms with Crippen LogP contribution in [-0.2, 0) is 9.53 Å². The van der Waals surface area contributed by atoms with Crippen molar-refractivity contribution in [2.45, 2.75) is 57.6 Å². The molecule has 1 aliphatic heterocycles. The van der Waals surface area contributed by atoms with Crippen molar-refractivity contribution in [3.8, 4) is 0 Å². The lowest BCUT2D eigenvalue weighted by Gasteiger charge is -2.42. The van der Waals surface area contributed by atoms with E-state index in [1.807, 2.05) is 0 Å². The molecule has 4 nitrogen and oxygen atoms in total. The second kappa shape index (κ2) is 6.71. The second-order valence-corrected chi connectivity index (χ2v) is 6.19. The molecular weight excluding hydrogens is 242 g/mol. The van der Waals surface area contributed by atoms with E-state index in [0.717, 1.165) is 45.2 Å². The van der Waals surface area contributed by atoms with E-state index in [2.05, 4.69) is 11.8 Å². The van der Waals surface area contributed by atoms with Crippen LogP contribution in [0, 0.1) is 11.8 Å². The normalized spacial score (nSPS) is 37.8. The molecule has 2 aliphatic rings. The fraction of sp³-hybridized carbons (Fsp3) is 0.933. The Morgan fingerprint density at radius 3 is 2.63 bits per heavy atom. The minimum Gasteiger partial charge on any atom is -0.481 e. The van der Waals surface area contributed by atoms with Crippen LogP contribution in [0.3, 0.4) is 0 Å². The van der Waals surface area contributed by atoms with E-state index in [-0.39, 0.29) is 18.1 Å². The van der Waals surface area contributed by atoms with E-state index in [0.29, 0.717) is 5.92 Å². The van der Waals surface area contributed by atoms with Crippen LogP contribution in [0.5, 0.6) is 0 Å². The first-order chi connectivity index (χ1) is 9.13. The molecule has 4 unspecified atom stereocenters. The maximum Gasteiger partial charge on any atom is 0.308 e. The standard InChI is InChI=1S/C15H27NO3/c1-11-8-9-16(10-14(11)19-2)13-7-5-3-4-6-12(13)15(17)18/h11-14H,3-10H2,1-2H3,(H,17,18). The first kappa shape index (κ1) is 14.8. The highest BCUT2D eigenvalue weighted by Crippen LogP contribution is 2.31. The number of hydrogen-bond donors (Lipinski definition) is 1. The van der Waals surface area contributed by atoms with Crippen molar-refractivity contribution in [3.05, 3.63) is 0 Å². The van der Waals surface area contributed by atoms with Crippen LogP contribution >= 0.6 is 0 Å². The number of likely N-dealkylation sites (tertiary alicyclic amines) is 1. The molecule has 0 bridgehead atoms. The maximum atomic E-state index is 11.5. The highest BCUT2D eigenvalue weighted by Gasteiger charge is 2.37. The lowest BCUT2D eigenvalue weighted by atomic mass is 9.89. The molecule has 2 fully saturated rings. The van der Waals surface area contributed by atoms with Gasteiger partial charge >= 0.3 is 5.97 Å². The zero-order valence-corrected chi connectivity index (χ0v) is 12.2. The summed E-state index contributed by atoms with van der Waals surface area (Å²) in [6, 6.07) is 0.213. The van der Waals surface area contributed by atoms with Gasteiger partial charge in [-0.15, -0.1) is 0 Å². The molecule has 19 heavy (non-hydrogen) atoms. The Hall–Kier alpha value is -0.610. The van der Waals surface area contributed by atoms with Gasteiger partial charge in [-0.1, -0.05) is 26.2 Å². The van der Waals surface area contributed by atoms with Gasteiger partial charge in [-0.05, 0) is 31.7 Å². The van der Waals surface area contributed by atoms with Crippen LogP contribution < -0.4 is 0 Å². The molecule has 0 radical (unpaired) electrons. The van der Waals surface area contributed by atoms with Crippen molar-refractivity contribution >= 4 is 5.97 Å². The highest BCUT2D eigenvalue weighted by molar-refractivity contribution is 5.70. The van der Waals surface area contributed by atoms with Gasteiger partial charge in [0, 0.05) is 19.7 Å². The molecular formula is C15H27NO3. The van der Waals surface area contributed by atoms with Crippen LogP contribution in [-0.4, -0.2) is 48.3 Å². The smallest absolute Gasteiger partial charge is 0.308 e. The third kappa shape index (κ3) is 3.48. The van der Waals surface area contributed by atoms with Crippen molar-refractivity contribution in [1.82, 2.24) is 4.90 Å². The van der Waals surface area contributed by atoms with E-state index >= 15 is 0 Å². The van der Waals surface area contributed by atoms with Crippen molar-refractivity contribution in [2.75, 3.05) is 20.2 Å². The molecule has 1 aliphatic carbocycles. The maximum absolute atomic E-state index is 11.5. The molecule has 1 saturated carbocycles. The van der Waals surface area contributed by atoms with E-state index in [9.17, 15) is 9.90 Å². The molecule has 1 saturated heterocycles. The highest BCUT2D eigenvalue weighted by atomic mass is 16.5. The molecule has 110 valence electrons. The molecule has 1 N–H and O–H groups in total. The lowest BCUT2D eigenvalue weighted by molar-refractivity contribution is -0.145. The predicted molar refractivity (Wildman–Crippen MR) is 74.1 cm³/mol. The van der Waals surface area contributed by atoms with Crippen LogP contribution in [0.1, 0.15) is 45.4 Å². The number of rotatable bonds is 3. The largest absolute Gasteiger partial charge is 0.481 e. The summed E-state index contributed by atoms with van der Waals surface area (Å²) >= 11 is 0. The van der Waals surface area contributed by atoms with Crippen molar-refractivity contribution in [3.63, 3.8) is 0 Å². The van der Waals surface area contributed by atoms with E-state index in [1.54, 1.807) is 7.11 Å². The van der Waals surface area contributed by atoms with Gasteiger partial charge in [-0.25, -0.2) is 0 Å². The Bertz CT molecular complexity index is 308. The number of carboxylic acid groups (broad SMARTS) is 1. The van der Waals surface area contributed by atoms with Crippen molar-refractivity contribution < 1.29 is 14.6 Å². The van der Waals surface area contributed by atoms with Crippen molar-refractivity contribution in [1.29, 1.82) is 0 Å². The molecule has 0 amide bonds. The Kier molecular flexibility index (Phi) is 5.22. The lowest BCUT2D eigenvalue weighted by Crippen LogP contribution is -2.51. The summed E-state index contributed by atoms with van der Waals surface area (Å²) in [6.07, 6.45) is 6.64. The minimum absolute atomic E-state index is 0.187. The first-order valence-electron chi connectivity index (χ1n) is 7.63. The van der Waals surface area contributed by atoms with Crippen LogP contribution in [0.15, 0.2) is 0 Å². The zero-order valence-electron chi connectivity index (χ0n) is 12.2. The van der Waals surface area contributed by atoms with Gasteiger partial charge in [-0.3, -0.25) is 9.69 Å². The summed E-state index contributed by atoms with van der Waals surface area (Å²) in [5.41, 5.74) is 0. The topological polar surface area (TPSA) is 49.8 Å². The van der Waals surface area contributed by atoms with Crippen molar-refractivity contribution in [2.24, 2.45) is 11.8 Å². The zero-order chi connectivity index (χ0) is 13.8.